The highest BCUT2D eigenvalue weighted by atomic mass is 16.4. The van der Waals surface area contributed by atoms with E-state index in [0.717, 1.165) is 0 Å². The van der Waals surface area contributed by atoms with Crippen molar-refractivity contribution in [1.82, 2.24) is 0 Å². The molecule has 0 aliphatic rings. The quantitative estimate of drug-likeness (QED) is 0.764. The van der Waals surface area contributed by atoms with Crippen LogP contribution in [0.2, 0.25) is 0 Å². The van der Waals surface area contributed by atoms with Gasteiger partial charge < -0.3 is 10.0 Å². The first-order valence-electron chi connectivity index (χ1n) is 5.85. The molecule has 0 unspecified atom stereocenters. The van der Waals surface area contributed by atoms with Crippen LogP contribution in [0.3, 0.4) is 0 Å². The van der Waals surface area contributed by atoms with Gasteiger partial charge in [0.05, 0.1) is 0 Å². The van der Waals surface area contributed by atoms with Gasteiger partial charge in [-0.05, 0) is 40.9 Å². The molecule has 2 nitrogen and oxygen atoms in total. The van der Waals surface area contributed by atoms with Crippen molar-refractivity contribution in [2.24, 2.45) is 0 Å². The van der Waals surface area contributed by atoms with E-state index in [0.29, 0.717) is 17.3 Å². The summed E-state index contributed by atoms with van der Waals surface area (Å²) in [5, 5.41) is 18.6. The van der Waals surface area contributed by atoms with Crippen LogP contribution in [0.25, 0.3) is 0 Å². The molecule has 1 rings (SSSR count). The monoisotopic (exact) mass is 220 g/mol. The van der Waals surface area contributed by atoms with Crippen LogP contribution in [0.4, 0.5) is 0 Å². The van der Waals surface area contributed by atoms with Crippen LogP contribution in [0, 0.1) is 6.92 Å². The van der Waals surface area contributed by atoms with Crippen molar-refractivity contribution in [3.63, 3.8) is 0 Å². The maximum Gasteiger partial charge on any atom is 0.488 e. The van der Waals surface area contributed by atoms with E-state index in [2.05, 4.69) is 34.6 Å². The molecule has 1 aromatic carbocycles. The zero-order valence-corrected chi connectivity index (χ0v) is 10.8. The second-order valence-electron chi connectivity index (χ2n) is 5.01. The van der Waals surface area contributed by atoms with Crippen LogP contribution in [-0.4, -0.2) is 17.2 Å². The molecule has 0 radical (unpaired) electrons. The Morgan fingerprint density at radius 2 is 1.31 bits per heavy atom. The molecule has 0 bridgehead atoms. The largest absolute Gasteiger partial charge is 0.488 e. The molecule has 0 aliphatic heterocycles. The fourth-order valence-corrected chi connectivity index (χ4v) is 2.13. The molecule has 1 aromatic rings. The summed E-state index contributed by atoms with van der Waals surface area (Å²) in [7, 11) is -1.38. The number of hydrogen-bond donors (Lipinski definition) is 2. The predicted molar refractivity (Wildman–Crippen MR) is 69.2 cm³/mol. The summed E-state index contributed by atoms with van der Waals surface area (Å²) in [6.07, 6.45) is 0. The molecule has 0 heterocycles. The van der Waals surface area contributed by atoms with Gasteiger partial charge in [-0.1, -0.05) is 39.8 Å². The lowest BCUT2D eigenvalue weighted by atomic mass is 9.75. The predicted octanol–water partition coefficient (Wildman–Crippen LogP) is 1.92. The lowest BCUT2D eigenvalue weighted by Gasteiger charge is -2.19. The van der Waals surface area contributed by atoms with Crippen LogP contribution >= 0.6 is 0 Å². The van der Waals surface area contributed by atoms with E-state index in [4.69, 9.17) is 0 Å². The standard InChI is InChI=1S/C13H21BO2/c1-8(2)12-6-11(14(15)16)7-13(9(3)4)10(12)5/h6-9,15-16H,1-5H3. The minimum Gasteiger partial charge on any atom is -0.423 e. The highest BCUT2D eigenvalue weighted by molar-refractivity contribution is 6.58. The van der Waals surface area contributed by atoms with E-state index in [9.17, 15) is 10.0 Å². The van der Waals surface area contributed by atoms with Gasteiger partial charge in [0.25, 0.3) is 0 Å². The lowest BCUT2D eigenvalue weighted by Crippen LogP contribution is -2.31. The maximum absolute atomic E-state index is 9.28. The Morgan fingerprint density at radius 3 is 1.56 bits per heavy atom. The normalized spacial score (nSPS) is 11.3. The van der Waals surface area contributed by atoms with Gasteiger partial charge in [0.15, 0.2) is 0 Å². The van der Waals surface area contributed by atoms with Crippen LogP contribution < -0.4 is 5.46 Å². The van der Waals surface area contributed by atoms with E-state index in [-0.39, 0.29) is 0 Å². The second kappa shape index (κ2) is 5.02. The molecule has 0 fully saturated rings. The third-order valence-corrected chi connectivity index (χ3v) is 3.05. The van der Waals surface area contributed by atoms with Crippen LogP contribution in [0.15, 0.2) is 12.1 Å². The summed E-state index contributed by atoms with van der Waals surface area (Å²) in [6.45, 7) is 10.6. The Hall–Kier alpha value is -0.795. The van der Waals surface area contributed by atoms with Crippen molar-refractivity contribution in [2.45, 2.75) is 46.5 Å². The van der Waals surface area contributed by atoms with Crippen molar-refractivity contribution in [3.8, 4) is 0 Å². The van der Waals surface area contributed by atoms with Gasteiger partial charge in [-0.2, -0.15) is 0 Å². The molecule has 0 amide bonds. The van der Waals surface area contributed by atoms with Crippen molar-refractivity contribution in [1.29, 1.82) is 0 Å². The Balaban J connectivity index is 3.39. The zero-order chi connectivity index (χ0) is 12.5. The Labute approximate surface area is 98.5 Å². The molecule has 16 heavy (non-hydrogen) atoms. The average molecular weight is 220 g/mol. The topological polar surface area (TPSA) is 40.5 Å². The Bertz CT molecular complexity index is 341. The summed E-state index contributed by atoms with van der Waals surface area (Å²) in [4.78, 5) is 0. The van der Waals surface area contributed by atoms with Gasteiger partial charge in [0.1, 0.15) is 0 Å². The molecule has 0 aliphatic carbocycles. The smallest absolute Gasteiger partial charge is 0.423 e. The second-order valence-corrected chi connectivity index (χ2v) is 5.01. The fourth-order valence-electron chi connectivity index (χ4n) is 2.13. The molecule has 0 aromatic heterocycles. The van der Waals surface area contributed by atoms with Gasteiger partial charge in [-0.15, -0.1) is 0 Å². The molecular weight excluding hydrogens is 199 g/mol. The SMILES string of the molecule is Cc1c(C(C)C)cc(B(O)O)cc1C(C)C. The Morgan fingerprint density at radius 1 is 0.938 bits per heavy atom. The molecule has 0 atom stereocenters. The van der Waals surface area contributed by atoms with Crippen molar-refractivity contribution < 1.29 is 10.0 Å². The maximum atomic E-state index is 9.28. The first kappa shape index (κ1) is 13.3. The minimum absolute atomic E-state index is 0.399. The van der Waals surface area contributed by atoms with E-state index in [1.54, 1.807) is 0 Å². The Kier molecular flexibility index (Phi) is 4.17. The molecular formula is C13H21BO2. The van der Waals surface area contributed by atoms with E-state index in [1.165, 1.54) is 16.7 Å². The van der Waals surface area contributed by atoms with Crippen LogP contribution in [0.5, 0.6) is 0 Å². The molecule has 0 spiro atoms. The van der Waals surface area contributed by atoms with Crippen molar-refractivity contribution in [3.05, 3.63) is 28.8 Å². The lowest BCUT2D eigenvalue weighted by molar-refractivity contribution is 0.425. The molecule has 0 saturated carbocycles. The number of rotatable bonds is 3. The molecule has 0 saturated heterocycles. The van der Waals surface area contributed by atoms with E-state index in [1.807, 2.05) is 12.1 Å². The van der Waals surface area contributed by atoms with Crippen LogP contribution in [0.1, 0.15) is 56.2 Å². The summed E-state index contributed by atoms with van der Waals surface area (Å²) in [5.74, 6) is 0.799. The van der Waals surface area contributed by atoms with Gasteiger partial charge >= 0.3 is 7.12 Å². The van der Waals surface area contributed by atoms with Crippen molar-refractivity contribution >= 4 is 12.6 Å². The first-order valence-corrected chi connectivity index (χ1v) is 5.85. The highest BCUT2D eigenvalue weighted by Gasteiger charge is 2.18. The van der Waals surface area contributed by atoms with Gasteiger partial charge in [0, 0.05) is 0 Å². The van der Waals surface area contributed by atoms with E-state index < -0.39 is 7.12 Å². The highest BCUT2D eigenvalue weighted by Crippen LogP contribution is 2.25. The molecule has 3 heteroatoms. The van der Waals surface area contributed by atoms with Gasteiger partial charge in [-0.3, -0.25) is 0 Å². The summed E-state index contributed by atoms with van der Waals surface area (Å²) in [6, 6.07) is 3.80. The van der Waals surface area contributed by atoms with Gasteiger partial charge in [0.2, 0.25) is 0 Å². The third-order valence-electron chi connectivity index (χ3n) is 3.05. The molecule has 88 valence electrons. The van der Waals surface area contributed by atoms with Crippen LogP contribution in [-0.2, 0) is 0 Å². The van der Waals surface area contributed by atoms with Gasteiger partial charge in [-0.25, -0.2) is 0 Å². The average Bonchev–Trinajstić information content (AvgIpc) is 2.16. The summed E-state index contributed by atoms with van der Waals surface area (Å²) < 4.78 is 0. The first-order chi connectivity index (χ1) is 7.34. The fraction of sp³-hybridized carbons (Fsp3) is 0.538. The third kappa shape index (κ3) is 2.66. The summed E-state index contributed by atoms with van der Waals surface area (Å²) in [5.41, 5.74) is 4.27. The summed E-state index contributed by atoms with van der Waals surface area (Å²) >= 11 is 0. The molecule has 2 N–H and O–H groups in total. The number of benzene rings is 1. The van der Waals surface area contributed by atoms with E-state index >= 15 is 0 Å². The van der Waals surface area contributed by atoms with Crippen molar-refractivity contribution in [2.75, 3.05) is 0 Å². The number of hydrogen-bond acceptors (Lipinski definition) is 2. The minimum atomic E-state index is -1.38. The zero-order valence-electron chi connectivity index (χ0n) is 10.8.